The van der Waals surface area contributed by atoms with Crippen LogP contribution in [0, 0.1) is 11.8 Å². The van der Waals surface area contributed by atoms with E-state index in [1.54, 1.807) is 6.07 Å². The van der Waals surface area contributed by atoms with Gasteiger partial charge in [-0.25, -0.2) is 4.98 Å². The maximum absolute atomic E-state index is 12.4. The molecular weight excluding hydrogens is 328 g/mol. The average Bonchev–Trinajstić information content (AvgIpc) is 2.60. The molecular formula is C20H28N4O2. The number of nitrogens with one attached hydrogen (secondary N) is 1. The van der Waals surface area contributed by atoms with Crippen LogP contribution in [0.1, 0.15) is 26.7 Å². The molecule has 26 heavy (non-hydrogen) atoms. The van der Waals surface area contributed by atoms with Gasteiger partial charge in [0.15, 0.2) is 0 Å². The first-order valence-electron chi connectivity index (χ1n) is 9.46. The smallest absolute Gasteiger partial charge is 0.261 e. The Kier molecular flexibility index (Phi) is 6.04. The number of likely N-dealkylation sites (tertiary alicyclic amines) is 1. The predicted molar refractivity (Wildman–Crippen MR) is 103 cm³/mol. The Morgan fingerprint density at radius 3 is 2.69 bits per heavy atom. The Morgan fingerprint density at radius 1 is 1.19 bits per heavy atom. The van der Waals surface area contributed by atoms with Crippen molar-refractivity contribution in [2.24, 2.45) is 11.8 Å². The summed E-state index contributed by atoms with van der Waals surface area (Å²) in [5.74, 6) is 1.42. The number of piperidine rings is 1. The van der Waals surface area contributed by atoms with E-state index in [1.807, 2.05) is 18.2 Å². The molecule has 1 aromatic heterocycles. The van der Waals surface area contributed by atoms with E-state index in [0.717, 1.165) is 31.5 Å². The first-order valence-corrected chi connectivity index (χ1v) is 9.46. The SMILES string of the molecule is CC1CC(C)CN(CCNC(=O)CCn2cnc3ccccc3c2=O)C1. The molecule has 0 saturated carbocycles. The minimum absolute atomic E-state index is 0.0248. The van der Waals surface area contributed by atoms with Gasteiger partial charge in [0, 0.05) is 39.1 Å². The highest BCUT2D eigenvalue weighted by Gasteiger charge is 2.21. The van der Waals surface area contributed by atoms with E-state index in [2.05, 4.69) is 29.0 Å². The van der Waals surface area contributed by atoms with Gasteiger partial charge in [-0.1, -0.05) is 26.0 Å². The van der Waals surface area contributed by atoms with E-state index >= 15 is 0 Å². The molecule has 1 saturated heterocycles. The second kappa shape index (κ2) is 8.45. The number of rotatable bonds is 6. The molecule has 6 nitrogen and oxygen atoms in total. The summed E-state index contributed by atoms with van der Waals surface area (Å²) >= 11 is 0. The Bertz CT molecular complexity index is 807. The standard InChI is InChI=1S/C20H28N4O2/c1-15-11-16(2)13-23(12-15)10-8-21-19(25)7-9-24-14-22-18-6-4-3-5-17(18)20(24)26/h3-6,14-16H,7-13H2,1-2H3,(H,21,25). The molecule has 0 spiro atoms. The number of hydrogen-bond donors (Lipinski definition) is 1. The normalized spacial score (nSPS) is 21.0. The van der Waals surface area contributed by atoms with Gasteiger partial charge in [-0.15, -0.1) is 0 Å². The fraction of sp³-hybridized carbons (Fsp3) is 0.550. The lowest BCUT2D eigenvalue weighted by molar-refractivity contribution is -0.121. The number of hydrogen-bond acceptors (Lipinski definition) is 4. The van der Waals surface area contributed by atoms with Crippen LogP contribution in [0.5, 0.6) is 0 Å². The van der Waals surface area contributed by atoms with Gasteiger partial charge in [0.1, 0.15) is 0 Å². The van der Waals surface area contributed by atoms with E-state index in [9.17, 15) is 9.59 Å². The monoisotopic (exact) mass is 356 g/mol. The summed E-state index contributed by atoms with van der Waals surface area (Å²) in [6.45, 7) is 8.69. The van der Waals surface area contributed by atoms with Crippen LogP contribution in [0.15, 0.2) is 35.4 Å². The van der Waals surface area contributed by atoms with Gasteiger partial charge in [0.25, 0.3) is 5.56 Å². The summed E-state index contributed by atoms with van der Waals surface area (Å²) in [6.07, 6.45) is 3.10. The van der Waals surface area contributed by atoms with Gasteiger partial charge in [-0.2, -0.15) is 0 Å². The second-order valence-electron chi connectivity index (χ2n) is 7.57. The van der Waals surface area contributed by atoms with E-state index < -0.39 is 0 Å². The van der Waals surface area contributed by atoms with Crippen LogP contribution in [0.3, 0.4) is 0 Å². The Hall–Kier alpha value is -2.21. The number of carbonyl (C=O) groups excluding carboxylic acids is 1. The van der Waals surface area contributed by atoms with Crippen molar-refractivity contribution in [3.05, 3.63) is 40.9 Å². The Morgan fingerprint density at radius 2 is 1.92 bits per heavy atom. The van der Waals surface area contributed by atoms with E-state index in [-0.39, 0.29) is 17.9 Å². The Labute approximate surface area is 154 Å². The average molecular weight is 356 g/mol. The maximum Gasteiger partial charge on any atom is 0.261 e. The van der Waals surface area contributed by atoms with E-state index in [1.165, 1.54) is 17.3 Å². The maximum atomic E-state index is 12.4. The summed E-state index contributed by atoms with van der Waals surface area (Å²) in [5, 5.41) is 3.56. The lowest BCUT2D eigenvalue weighted by Gasteiger charge is -2.34. The lowest BCUT2D eigenvalue weighted by Crippen LogP contribution is -2.43. The van der Waals surface area contributed by atoms with E-state index in [0.29, 0.717) is 24.0 Å². The zero-order valence-corrected chi connectivity index (χ0v) is 15.6. The molecule has 0 aliphatic carbocycles. The first kappa shape index (κ1) is 18.6. The highest BCUT2D eigenvalue weighted by molar-refractivity contribution is 5.77. The van der Waals surface area contributed by atoms with Crippen molar-refractivity contribution in [2.75, 3.05) is 26.2 Å². The molecule has 1 aliphatic heterocycles. The number of para-hydroxylation sites is 1. The van der Waals surface area contributed by atoms with Gasteiger partial charge in [-0.3, -0.25) is 14.2 Å². The molecule has 2 atom stereocenters. The van der Waals surface area contributed by atoms with Crippen molar-refractivity contribution < 1.29 is 4.79 Å². The molecule has 3 rings (SSSR count). The van der Waals surface area contributed by atoms with Crippen molar-refractivity contribution in [2.45, 2.75) is 33.2 Å². The van der Waals surface area contributed by atoms with Gasteiger partial charge >= 0.3 is 0 Å². The number of carbonyl (C=O) groups is 1. The van der Waals surface area contributed by atoms with Gasteiger partial charge in [0.2, 0.25) is 5.91 Å². The summed E-state index contributed by atoms with van der Waals surface area (Å²) in [6, 6.07) is 7.26. The molecule has 1 fully saturated rings. The molecule has 1 amide bonds. The van der Waals surface area contributed by atoms with E-state index in [4.69, 9.17) is 0 Å². The summed E-state index contributed by atoms with van der Waals surface area (Å²) < 4.78 is 1.51. The van der Waals surface area contributed by atoms with Crippen LogP contribution >= 0.6 is 0 Å². The van der Waals surface area contributed by atoms with Gasteiger partial charge < -0.3 is 10.2 Å². The zero-order valence-electron chi connectivity index (χ0n) is 15.6. The van der Waals surface area contributed by atoms with Crippen molar-refractivity contribution >= 4 is 16.8 Å². The number of nitrogens with zero attached hydrogens (tertiary/aromatic N) is 3. The number of benzene rings is 1. The molecule has 2 heterocycles. The minimum atomic E-state index is -0.0975. The zero-order chi connectivity index (χ0) is 18.5. The molecule has 6 heteroatoms. The van der Waals surface area contributed by atoms with Gasteiger partial charge in [-0.05, 0) is 30.4 Å². The molecule has 1 N–H and O–H groups in total. The fourth-order valence-electron chi connectivity index (χ4n) is 3.90. The predicted octanol–water partition coefficient (Wildman–Crippen LogP) is 1.88. The molecule has 0 bridgehead atoms. The minimum Gasteiger partial charge on any atom is -0.355 e. The molecule has 140 valence electrons. The van der Waals surface area contributed by atoms with Crippen molar-refractivity contribution in [1.82, 2.24) is 19.8 Å². The third kappa shape index (κ3) is 4.69. The molecule has 1 aromatic carbocycles. The van der Waals surface area contributed by atoms with Gasteiger partial charge in [0.05, 0.1) is 17.2 Å². The third-order valence-electron chi connectivity index (χ3n) is 5.01. The first-order chi connectivity index (χ1) is 12.5. The number of amides is 1. The highest BCUT2D eigenvalue weighted by Crippen LogP contribution is 2.20. The topological polar surface area (TPSA) is 67.2 Å². The van der Waals surface area contributed by atoms with Crippen LogP contribution in [-0.2, 0) is 11.3 Å². The summed E-state index contributed by atoms with van der Waals surface area (Å²) in [4.78, 5) is 31.2. The highest BCUT2D eigenvalue weighted by atomic mass is 16.1. The van der Waals surface area contributed by atoms with Crippen LogP contribution < -0.4 is 10.9 Å². The largest absolute Gasteiger partial charge is 0.355 e. The van der Waals surface area contributed by atoms with Crippen molar-refractivity contribution in [3.63, 3.8) is 0 Å². The molecule has 1 aliphatic rings. The van der Waals surface area contributed by atoms with Crippen molar-refractivity contribution in [1.29, 1.82) is 0 Å². The quantitative estimate of drug-likeness (QED) is 0.858. The van der Waals surface area contributed by atoms with Crippen LogP contribution in [0.4, 0.5) is 0 Å². The molecule has 2 unspecified atom stereocenters. The lowest BCUT2D eigenvalue weighted by atomic mass is 9.92. The van der Waals surface area contributed by atoms with Crippen LogP contribution in [0.25, 0.3) is 10.9 Å². The number of aryl methyl sites for hydroxylation is 1. The third-order valence-corrected chi connectivity index (χ3v) is 5.01. The van der Waals surface area contributed by atoms with Crippen molar-refractivity contribution in [3.8, 4) is 0 Å². The van der Waals surface area contributed by atoms with Crippen LogP contribution in [0.2, 0.25) is 0 Å². The summed E-state index contributed by atoms with van der Waals surface area (Å²) in [5.41, 5.74) is 0.586. The molecule has 0 radical (unpaired) electrons. The summed E-state index contributed by atoms with van der Waals surface area (Å²) in [7, 11) is 0. The number of aromatic nitrogens is 2. The van der Waals surface area contributed by atoms with Crippen LogP contribution in [-0.4, -0.2) is 46.5 Å². The fourth-order valence-corrected chi connectivity index (χ4v) is 3.90. The second-order valence-corrected chi connectivity index (χ2v) is 7.57. The number of fused-ring (bicyclic) bond motifs is 1. The molecule has 2 aromatic rings. The Balaban J connectivity index is 1.46.